The number of allylic oxidation sites excluding steroid dienone is 2. The first-order chi connectivity index (χ1) is 10.2. The van der Waals surface area contributed by atoms with Crippen molar-refractivity contribution >= 4 is 34.9 Å². The number of nitrogens with zero attached hydrogens (tertiary/aromatic N) is 1. The van der Waals surface area contributed by atoms with Crippen LogP contribution in [0.25, 0.3) is 5.57 Å². The van der Waals surface area contributed by atoms with Crippen molar-refractivity contribution in [1.82, 2.24) is 0 Å². The lowest BCUT2D eigenvalue weighted by atomic mass is 9.92. The Morgan fingerprint density at radius 1 is 1.33 bits per heavy atom. The molecule has 0 N–H and O–H groups in total. The van der Waals surface area contributed by atoms with E-state index in [-0.39, 0.29) is 17.3 Å². The molecule has 1 unspecified atom stereocenters. The van der Waals surface area contributed by atoms with Crippen LogP contribution in [0.2, 0.25) is 0 Å². The highest BCUT2D eigenvalue weighted by molar-refractivity contribution is 8.07. The van der Waals surface area contributed by atoms with E-state index < -0.39 is 0 Å². The molecule has 110 valence electrons. The van der Waals surface area contributed by atoms with E-state index in [1.165, 1.54) is 7.11 Å². The number of amides is 1. The predicted molar refractivity (Wildman–Crippen MR) is 84.4 cm³/mol. The fourth-order valence-corrected chi connectivity index (χ4v) is 3.20. The summed E-state index contributed by atoms with van der Waals surface area (Å²) in [4.78, 5) is 25.5. The van der Waals surface area contributed by atoms with Crippen molar-refractivity contribution in [2.45, 2.75) is 24.6 Å². The molecule has 1 aromatic rings. The third-order valence-corrected chi connectivity index (χ3v) is 4.53. The number of methoxy groups -OCH3 is 1. The Hall–Kier alpha value is -1.75. The Bertz CT molecular complexity index is 607. The van der Waals surface area contributed by atoms with Crippen LogP contribution in [0.3, 0.4) is 0 Å². The second-order valence-electron chi connectivity index (χ2n) is 5.13. The van der Waals surface area contributed by atoms with E-state index in [2.05, 4.69) is 0 Å². The topological polar surface area (TPSA) is 46.6 Å². The van der Waals surface area contributed by atoms with Gasteiger partial charge in [0.2, 0.25) is 0 Å². The zero-order valence-corrected chi connectivity index (χ0v) is 12.7. The summed E-state index contributed by atoms with van der Waals surface area (Å²) in [5.41, 5.74) is 2.81. The van der Waals surface area contributed by atoms with Gasteiger partial charge in [0, 0.05) is 17.7 Å². The number of benzene rings is 1. The zero-order chi connectivity index (χ0) is 14.8. The van der Waals surface area contributed by atoms with Gasteiger partial charge < -0.3 is 4.74 Å². The van der Waals surface area contributed by atoms with Crippen LogP contribution in [0, 0.1) is 0 Å². The van der Waals surface area contributed by atoms with Crippen LogP contribution in [0.4, 0.5) is 10.5 Å². The van der Waals surface area contributed by atoms with Crippen molar-refractivity contribution < 1.29 is 14.3 Å². The smallest absolute Gasteiger partial charge is 0.415 e. The third kappa shape index (κ3) is 2.97. The second kappa shape index (κ2) is 5.93. The third-order valence-electron chi connectivity index (χ3n) is 3.69. The standard InChI is InChI=1S/C16H17NO3S/c1-20-16(19)17(15-10-21-15)14-8-3-2-7-13(14)11-5-4-6-12(18)9-11/h2-3,7-9,15H,4-6,10H2,1H3. The van der Waals surface area contributed by atoms with E-state index in [4.69, 9.17) is 4.74 Å². The molecule has 1 atom stereocenters. The van der Waals surface area contributed by atoms with Gasteiger partial charge in [0.25, 0.3) is 0 Å². The number of ketones is 1. The maximum Gasteiger partial charge on any atom is 0.415 e. The van der Waals surface area contributed by atoms with E-state index in [1.54, 1.807) is 22.7 Å². The summed E-state index contributed by atoms with van der Waals surface area (Å²) >= 11 is 1.71. The number of para-hydroxylation sites is 1. The molecule has 0 bridgehead atoms. The van der Waals surface area contributed by atoms with Gasteiger partial charge in [-0.3, -0.25) is 9.69 Å². The summed E-state index contributed by atoms with van der Waals surface area (Å²) in [6.45, 7) is 0. The van der Waals surface area contributed by atoms with Crippen LogP contribution in [0.15, 0.2) is 30.3 Å². The van der Waals surface area contributed by atoms with Gasteiger partial charge in [0.05, 0.1) is 18.2 Å². The van der Waals surface area contributed by atoms with Gasteiger partial charge in [0.15, 0.2) is 5.78 Å². The fourth-order valence-electron chi connectivity index (χ4n) is 2.62. The maximum absolute atomic E-state index is 12.1. The first-order valence-corrected chi connectivity index (χ1v) is 8.07. The first kappa shape index (κ1) is 14.2. The molecule has 1 fully saturated rings. The number of hydrogen-bond donors (Lipinski definition) is 0. The lowest BCUT2D eigenvalue weighted by Gasteiger charge is -2.24. The molecule has 0 aromatic heterocycles. The lowest BCUT2D eigenvalue weighted by Crippen LogP contribution is -2.33. The fraction of sp³-hybridized carbons (Fsp3) is 0.375. The van der Waals surface area contributed by atoms with Crippen LogP contribution in [0.1, 0.15) is 24.8 Å². The average molecular weight is 303 g/mol. The number of carbonyl (C=O) groups excluding carboxylic acids is 2. The van der Waals surface area contributed by atoms with Gasteiger partial charge >= 0.3 is 6.09 Å². The Kier molecular flexibility index (Phi) is 4.01. The summed E-state index contributed by atoms with van der Waals surface area (Å²) in [5, 5.41) is 0.137. The SMILES string of the molecule is COC(=O)N(c1ccccc1C1=CC(=O)CCC1)C1CS1. The largest absolute Gasteiger partial charge is 0.452 e. The maximum atomic E-state index is 12.1. The average Bonchev–Trinajstić information content (AvgIpc) is 3.32. The quantitative estimate of drug-likeness (QED) is 0.802. The van der Waals surface area contributed by atoms with E-state index in [0.717, 1.165) is 35.4 Å². The van der Waals surface area contributed by atoms with E-state index in [0.29, 0.717) is 6.42 Å². The molecule has 1 saturated heterocycles. The predicted octanol–water partition coefficient (Wildman–Crippen LogP) is 3.47. The van der Waals surface area contributed by atoms with Crippen LogP contribution in [-0.2, 0) is 9.53 Å². The normalized spacial score (nSPS) is 20.7. The first-order valence-electron chi connectivity index (χ1n) is 7.02. The summed E-state index contributed by atoms with van der Waals surface area (Å²) in [6.07, 6.45) is 3.73. The van der Waals surface area contributed by atoms with Crippen LogP contribution in [0.5, 0.6) is 0 Å². The summed E-state index contributed by atoms with van der Waals surface area (Å²) in [6, 6.07) is 7.75. The van der Waals surface area contributed by atoms with Crippen LogP contribution >= 0.6 is 11.8 Å². The highest BCUT2D eigenvalue weighted by atomic mass is 32.2. The molecular formula is C16H17NO3S. The molecule has 0 radical (unpaired) electrons. The van der Waals surface area contributed by atoms with E-state index >= 15 is 0 Å². The number of ether oxygens (including phenoxy) is 1. The monoisotopic (exact) mass is 303 g/mol. The minimum Gasteiger partial charge on any atom is -0.452 e. The number of anilines is 1. The Morgan fingerprint density at radius 3 is 2.76 bits per heavy atom. The highest BCUT2D eigenvalue weighted by Crippen LogP contribution is 2.41. The molecule has 1 aromatic carbocycles. The molecule has 0 spiro atoms. The molecular weight excluding hydrogens is 286 g/mol. The van der Waals surface area contributed by atoms with Crippen molar-refractivity contribution in [3.05, 3.63) is 35.9 Å². The molecule has 1 heterocycles. The molecule has 5 heteroatoms. The van der Waals surface area contributed by atoms with Crippen LogP contribution in [-0.4, -0.2) is 30.1 Å². The van der Waals surface area contributed by atoms with Crippen LogP contribution < -0.4 is 4.90 Å². The summed E-state index contributed by atoms with van der Waals surface area (Å²) in [5.74, 6) is 1.08. The zero-order valence-electron chi connectivity index (χ0n) is 11.9. The minimum absolute atomic E-state index is 0.137. The molecule has 1 aliphatic carbocycles. The highest BCUT2D eigenvalue weighted by Gasteiger charge is 2.37. The molecule has 2 aliphatic rings. The Morgan fingerprint density at radius 2 is 2.10 bits per heavy atom. The summed E-state index contributed by atoms with van der Waals surface area (Å²) < 4.78 is 4.92. The van der Waals surface area contributed by atoms with Crippen molar-refractivity contribution in [3.8, 4) is 0 Å². The second-order valence-corrected chi connectivity index (χ2v) is 6.35. The Balaban J connectivity index is 2.02. The van der Waals surface area contributed by atoms with Gasteiger partial charge in [-0.25, -0.2) is 4.79 Å². The lowest BCUT2D eigenvalue weighted by molar-refractivity contribution is -0.114. The van der Waals surface area contributed by atoms with Gasteiger partial charge in [-0.15, -0.1) is 11.8 Å². The molecule has 21 heavy (non-hydrogen) atoms. The molecule has 4 nitrogen and oxygen atoms in total. The Labute approximate surface area is 128 Å². The van der Waals surface area contributed by atoms with E-state index in [9.17, 15) is 9.59 Å². The van der Waals surface area contributed by atoms with Gasteiger partial charge in [0.1, 0.15) is 0 Å². The molecule has 1 amide bonds. The molecule has 0 saturated carbocycles. The number of thioether (sulfide) groups is 1. The van der Waals surface area contributed by atoms with Crippen molar-refractivity contribution in [3.63, 3.8) is 0 Å². The van der Waals surface area contributed by atoms with E-state index in [1.807, 2.05) is 24.3 Å². The number of hydrogen-bond acceptors (Lipinski definition) is 4. The van der Waals surface area contributed by atoms with Crippen molar-refractivity contribution in [1.29, 1.82) is 0 Å². The molecule has 3 rings (SSSR count). The molecule has 1 aliphatic heterocycles. The van der Waals surface area contributed by atoms with Gasteiger partial charge in [-0.2, -0.15) is 0 Å². The van der Waals surface area contributed by atoms with Gasteiger partial charge in [-0.1, -0.05) is 18.2 Å². The number of carbonyl (C=O) groups is 2. The van der Waals surface area contributed by atoms with Crippen molar-refractivity contribution in [2.24, 2.45) is 0 Å². The van der Waals surface area contributed by atoms with Crippen molar-refractivity contribution in [2.75, 3.05) is 17.8 Å². The van der Waals surface area contributed by atoms with Gasteiger partial charge in [-0.05, 0) is 30.6 Å². The summed E-state index contributed by atoms with van der Waals surface area (Å²) in [7, 11) is 1.40. The minimum atomic E-state index is -0.347. The number of rotatable bonds is 3.